The first-order valence-electron chi connectivity index (χ1n) is 5.96. The molecule has 1 aromatic rings. The van der Waals surface area contributed by atoms with Crippen LogP contribution in [0, 0.1) is 5.92 Å². The third-order valence-corrected chi connectivity index (χ3v) is 2.82. The molecule has 1 saturated heterocycles. The predicted molar refractivity (Wildman–Crippen MR) is 58.8 cm³/mol. The highest BCUT2D eigenvalue weighted by molar-refractivity contribution is 4.91. The van der Waals surface area contributed by atoms with Gasteiger partial charge in [-0.15, -0.1) is 10.2 Å². The van der Waals surface area contributed by atoms with Gasteiger partial charge in [-0.2, -0.15) is 0 Å². The Kier molecular flexibility index (Phi) is 3.90. The minimum Gasteiger partial charge on any atom is -0.421 e. The van der Waals surface area contributed by atoms with Gasteiger partial charge in [0.15, 0.2) is 0 Å². The first kappa shape index (κ1) is 11.5. The predicted octanol–water partition coefficient (Wildman–Crippen LogP) is 1.67. The summed E-state index contributed by atoms with van der Waals surface area (Å²) in [5, 5.41) is 11.3. The topological polar surface area (TPSA) is 60.2 Å². The average Bonchev–Trinajstić information content (AvgIpc) is 2.87. The Morgan fingerprint density at radius 1 is 1.44 bits per heavy atom. The van der Waals surface area contributed by atoms with Crippen LogP contribution in [0.4, 0.5) is 0 Å². The second-order valence-corrected chi connectivity index (χ2v) is 4.27. The molecule has 5 nitrogen and oxygen atoms in total. The lowest BCUT2D eigenvalue weighted by Crippen LogP contribution is -2.13. The molecule has 1 aromatic heterocycles. The zero-order valence-electron chi connectivity index (χ0n) is 9.90. The molecule has 2 heterocycles. The van der Waals surface area contributed by atoms with Crippen molar-refractivity contribution in [3.05, 3.63) is 11.8 Å². The van der Waals surface area contributed by atoms with E-state index < -0.39 is 0 Å². The fraction of sp³-hybridized carbons (Fsp3) is 0.818. The van der Waals surface area contributed by atoms with Crippen molar-refractivity contribution in [3.8, 4) is 0 Å². The Bertz CT molecular complexity index is 327. The maximum atomic E-state index is 5.57. The number of nitrogens with one attached hydrogen (secondary N) is 1. The van der Waals surface area contributed by atoms with Crippen molar-refractivity contribution in [2.45, 2.75) is 39.3 Å². The summed E-state index contributed by atoms with van der Waals surface area (Å²) in [6.45, 7) is 6.67. The van der Waals surface area contributed by atoms with Gasteiger partial charge in [-0.25, -0.2) is 0 Å². The van der Waals surface area contributed by atoms with Crippen LogP contribution in [0.2, 0.25) is 0 Å². The van der Waals surface area contributed by atoms with E-state index in [9.17, 15) is 0 Å². The van der Waals surface area contributed by atoms with E-state index in [2.05, 4.69) is 29.4 Å². The molecule has 0 bridgehead atoms. The molecule has 0 aromatic carbocycles. The van der Waals surface area contributed by atoms with Gasteiger partial charge in [0.05, 0.1) is 6.54 Å². The second-order valence-electron chi connectivity index (χ2n) is 4.27. The van der Waals surface area contributed by atoms with Crippen molar-refractivity contribution in [1.82, 2.24) is 15.5 Å². The largest absolute Gasteiger partial charge is 0.421 e. The molecule has 5 heteroatoms. The summed E-state index contributed by atoms with van der Waals surface area (Å²) in [5.74, 6) is 1.74. The van der Waals surface area contributed by atoms with Crippen LogP contribution < -0.4 is 5.32 Å². The molecule has 1 aliphatic rings. The standard InChI is InChI=1S/C11H19N3O2/c1-3-5-12-7-9-13-14-11(16-9)10-8(2)4-6-15-10/h8,10,12H,3-7H2,1-2H3. The smallest absolute Gasteiger partial charge is 0.245 e. The molecular weight excluding hydrogens is 206 g/mol. The lowest BCUT2D eigenvalue weighted by Gasteiger charge is -2.08. The SMILES string of the molecule is CCCNCc1nnc(C2OCCC2C)o1. The highest BCUT2D eigenvalue weighted by atomic mass is 16.5. The summed E-state index contributed by atoms with van der Waals surface area (Å²) in [6, 6.07) is 0. The van der Waals surface area contributed by atoms with Gasteiger partial charge < -0.3 is 14.5 Å². The summed E-state index contributed by atoms with van der Waals surface area (Å²) in [6.07, 6.45) is 2.16. The van der Waals surface area contributed by atoms with Crippen LogP contribution in [0.1, 0.15) is 44.6 Å². The Morgan fingerprint density at radius 3 is 3.00 bits per heavy atom. The fourth-order valence-corrected chi connectivity index (χ4v) is 1.84. The molecule has 2 atom stereocenters. The van der Waals surface area contributed by atoms with Gasteiger partial charge in [0, 0.05) is 6.61 Å². The third kappa shape index (κ3) is 2.59. The molecule has 1 fully saturated rings. The summed E-state index contributed by atoms with van der Waals surface area (Å²) in [4.78, 5) is 0. The van der Waals surface area contributed by atoms with E-state index >= 15 is 0 Å². The monoisotopic (exact) mass is 225 g/mol. The van der Waals surface area contributed by atoms with E-state index in [1.54, 1.807) is 0 Å². The van der Waals surface area contributed by atoms with Crippen molar-refractivity contribution >= 4 is 0 Å². The zero-order chi connectivity index (χ0) is 11.4. The zero-order valence-corrected chi connectivity index (χ0v) is 9.90. The van der Waals surface area contributed by atoms with Gasteiger partial charge in [-0.3, -0.25) is 0 Å². The normalized spacial score (nSPS) is 25.1. The van der Waals surface area contributed by atoms with Crippen molar-refractivity contribution in [2.24, 2.45) is 5.92 Å². The maximum absolute atomic E-state index is 5.57. The fourth-order valence-electron chi connectivity index (χ4n) is 1.84. The van der Waals surface area contributed by atoms with E-state index in [4.69, 9.17) is 9.15 Å². The number of aromatic nitrogens is 2. The lowest BCUT2D eigenvalue weighted by atomic mass is 10.0. The highest BCUT2D eigenvalue weighted by Crippen LogP contribution is 2.32. The van der Waals surface area contributed by atoms with Crippen LogP contribution in [-0.4, -0.2) is 23.3 Å². The molecule has 0 radical (unpaired) electrons. The number of ether oxygens (including phenoxy) is 1. The Morgan fingerprint density at radius 2 is 2.31 bits per heavy atom. The number of hydrogen-bond donors (Lipinski definition) is 1. The third-order valence-electron chi connectivity index (χ3n) is 2.82. The molecule has 2 unspecified atom stereocenters. The molecule has 2 rings (SSSR count). The molecule has 0 saturated carbocycles. The van der Waals surface area contributed by atoms with Crippen LogP contribution >= 0.6 is 0 Å². The van der Waals surface area contributed by atoms with Gasteiger partial charge >= 0.3 is 0 Å². The number of rotatable bonds is 5. The van der Waals surface area contributed by atoms with E-state index in [1.165, 1.54) is 0 Å². The minimum atomic E-state index is -0.00701. The average molecular weight is 225 g/mol. The minimum absolute atomic E-state index is 0.00701. The van der Waals surface area contributed by atoms with Crippen molar-refractivity contribution in [3.63, 3.8) is 0 Å². The van der Waals surface area contributed by atoms with E-state index in [1.807, 2.05) is 0 Å². The van der Waals surface area contributed by atoms with Crippen molar-refractivity contribution < 1.29 is 9.15 Å². The summed E-state index contributed by atoms with van der Waals surface area (Å²) in [7, 11) is 0. The molecule has 90 valence electrons. The molecular formula is C11H19N3O2. The first-order chi connectivity index (χ1) is 7.81. The quantitative estimate of drug-likeness (QED) is 0.772. The molecule has 0 spiro atoms. The molecule has 1 aliphatic heterocycles. The molecule has 1 N–H and O–H groups in total. The number of nitrogens with zero attached hydrogens (tertiary/aromatic N) is 2. The van der Waals surface area contributed by atoms with Crippen LogP contribution in [-0.2, 0) is 11.3 Å². The Balaban J connectivity index is 1.91. The molecule has 16 heavy (non-hydrogen) atoms. The summed E-state index contributed by atoms with van der Waals surface area (Å²) in [5.41, 5.74) is 0. The van der Waals surface area contributed by atoms with Crippen LogP contribution in [0.15, 0.2) is 4.42 Å². The first-order valence-corrected chi connectivity index (χ1v) is 5.96. The van der Waals surface area contributed by atoms with Gasteiger partial charge in [0.2, 0.25) is 11.8 Å². The van der Waals surface area contributed by atoms with Crippen LogP contribution in [0.3, 0.4) is 0 Å². The van der Waals surface area contributed by atoms with Gasteiger partial charge in [-0.1, -0.05) is 13.8 Å². The number of hydrogen-bond acceptors (Lipinski definition) is 5. The van der Waals surface area contributed by atoms with Gasteiger partial charge in [0.25, 0.3) is 0 Å². The summed E-state index contributed by atoms with van der Waals surface area (Å²) < 4.78 is 11.1. The van der Waals surface area contributed by atoms with E-state index in [0.29, 0.717) is 24.2 Å². The maximum Gasteiger partial charge on any atom is 0.245 e. The van der Waals surface area contributed by atoms with E-state index in [-0.39, 0.29) is 6.10 Å². The van der Waals surface area contributed by atoms with E-state index in [0.717, 1.165) is 26.0 Å². The van der Waals surface area contributed by atoms with Gasteiger partial charge in [-0.05, 0) is 25.3 Å². The van der Waals surface area contributed by atoms with Gasteiger partial charge in [0.1, 0.15) is 6.10 Å². The Labute approximate surface area is 95.6 Å². The molecule has 0 aliphatic carbocycles. The van der Waals surface area contributed by atoms with Crippen LogP contribution in [0.5, 0.6) is 0 Å². The molecule has 0 amide bonds. The lowest BCUT2D eigenvalue weighted by molar-refractivity contribution is 0.0703. The highest BCUT2D eigenvalue weighted by Gasteiger charge is 2.30. The summed E-state index contributed by atoms with van der Waals surface area (Å²) >= 11 is 0. The van der Waals surface area contributed by atoms with Crippen molar-refractivity contribution in [1.29, 1.82) is 0 Å². The second kappa shape index (κ2) is 5.41. The van der Waals surface area contributed by atoms with Crippen molar-refractivity contribution in [2.75, 3.05) is 13.2 Å². The Hall–Kier alpha value is -0.940. The van der Waals surface area contributed by atoms with Crippen LogP contribution in [0.25, 0.3) is 0 Å².